The van der Waals surface area contributed by atoms with Gasteiger partial charge in [-0.3, -0.25) is 9.59 Å². The van der Waals surface area contributed by atoms with Crippen molar-refractivity contribution in [1.29, 1.82) is 0 Å². The Labute approximate surface area is 163 Å². The van der Waals surface area contributed by atoms with Crippen molar-refractivity contribution in [2.24, 2.45) is 11.8 Å². The van der Waals surface area contributed by atoms with Crippen molar-refractivity contribution in [1.82, 2.24) is 0 Å². The second kappa shape index (κ2) is 7.12. The Bertz CT molecular complexity index is 1130. The molecular weight excluding hydrogens is 352 g/mol. The maximum absolute atomic E-state index is 13.0. The SMILES string of the molecule is CC1=CCC(C(=O)Oc2c3ccccc3cc3cc(C)ccc23)C(C(=O)O)C1. The number of carbonyl (C=O) groups excluding carboxylic acids is 1. The van der Waals surface area contributed by atoms with Crippen LogP contribution < -0.4 is 4.74 Å². The molecule has 2 atom stereocenters. The maximum Gasteiger partial charge on any atom is 0.315 e. The molecule has 4 nitrogen and oxygen atoms in total. The summed E-state index contributed by atoms with van der Waals surface area (Å²) in [6, 6.07) is 15.9. The van der Waals surface area contributed by atoms with Crippen LogP contribution in [0.5, 0.6) is 5.75 Å². The largest absolute Gasteiger partial charge is 0.481 e. The third-order valence-corrected chi connectivity index (χ3v) is 5.54. The van der Waals surface area contributed by atoms with Crippen molar-refractivity contribution in [2.75, 3.05) is 0 Å². The molecule has 3 aromatic carbocycles. The zero-order chi connectivity index (χ0) is 19.8. The first-order chi connectivity index (χ1) is 13.4. The fourth-order valence-corrected chi connectivity index (χ4v) is 4.02. The molecule has 0 radical (unpaired) electrons. The van der Waals surface area contributed by atoms with Crippen LogP contribution in [0.15, 0.2) is 60.2 Å². The van der Waals surface area contributed by atoms with Gasteiger partial charge >= 0.3 is 11.9 Å². The standard InChI is InChI=1S/C24H22O4/c1-14-7-9-19-17(11-14)13-16-5-3-4-6-18(16)22(19)28-24(27)20-10-8-15(2)12-21(20)23(25)26/h3-9,11,13,20-21H,10,12H2,1-2H3,(H,25,26). The van der Waals surface area contributed by atoms with Crippen molar-refractivity contribution in [3.63, 3.8) is 0 Å². The molecule has 0 heterocycles. The van der Waals surface area contributed by atoms with Crippen LogP contribution in [0.2, 0.25) is 0 Å². The zero-order valence-electron chi connectivity index (χ0n) is 15.9. The van der Waals surface area contributed by atoms with Crippen molar-refractivity contribution in [3.05, 3.63) is 65.7 Å². The fraction of sp³-hybridized carbons (Fsp3) is 0.250. The van der Waals surface area contributed by atoms with Gasteiger partial charge in [-0.15, -0.1) is 0 Å². The quantitative estimate of drug-likeness (QED) is 0.294. The molecule has 1 N–H and O–H groups in total. The summed E-state index contributed by atoms with van der Waals surface area (Å²) in [5.41, 5.74) is 2.13. The van der Waals surface area contributed by atoms with E-state index in [1.807, 2.05) is 56.3 Å². The van der Waals surface area contributed by atoms with Crippen LogP contribution in [0.25, 0.3) is 21.5 Å². The Morgan fingerprint density at radius 3 is 2.50 bits per heavy atom. The minimum atomic E-state index is -0.951. The average Bonchev–Trinajstić information content (AvgIpc) is 2.67. The first-order valence-corrected chi connectivity index (χ1v) is 9.46. The van der Waals surface area contributed by atoms with Crippen molar-refractivity contribution in [3.8, 4) is 5.75 Å². The van der Waals surface area contributed by atoms with E-state index in [1.54, 1.807) is 0 Å². The van der Waals surface area contributed by atoms with Crippen LogP contribution >= 0.6 is 0 Å². The van der Waals surface area contributed by atoms with Gasteiger partial charge in [-0.25, -0.2) is 0 Å². The highest BCUT2D eigenvalue weighted by Gasteiger charge is 2.37. The number of allylic oxidation sites excluding steroid dienone is 2. The van der Waals surface area contributed by atoms with Crippen LogP contribution in [0.1, 0.15) is 25.3 Å². The third kappa shape index (κ3) is 3.26. The van der Waals surface area contributed by atoms with Gasteiger partial charge in [0.05, 0.1) is 11.8 Å². The number of carbonyl (C=O) groups is 2. The highest BCUT2D eigenvalue weighted by Crippen LogP contribution is 2.37. The van der Waals surface area contributed by atoms with E-state index in [2.05, 4.69) is 12.1 Å². The monoisotopic (exact) mass is 374 g/mol. The number of esters is 1. The van der Waals surface area contributed by atoms with E-state index in [0.29, 0.717) is 18.6 Å². The number of benzene rings is 3. The minimum absolute atomic E-state index is 0.380. The van der Waals surface area contributed by atoms with E-state index < -0.39 is 23.8 Å². The lowest BCUT2D eigenvalue weighted by Crippen LogP contribution is -2.34. The Balaban J connectivity index is 1.80. The van der Waals surface area contributed by atoms with Crippen LogP contribution in [-0.2, 0) is 9.59 Å². The lowest BCUT2D eigenvalue weighted by Gasteiger charge is -2.26. The first-order valence-electron chi connectivity index (χ1n) is 9.46. The third-order valence-electron chi connectivity index (χ3n) is 5.54. The smallest absolute Gasteiger partial charge is 0.315 e. The Morgan fingerprint density at radius 1 is 0.964 bits per heavy atom. The van der Waals surface area contributed by atoms with E-state index in [4.69, 9.17) is 4.74 Å². The molecular formula is C24H22O4. The zero-order valence-corrected chi connectivity index (χ0v) is 15.9. The molecule has 0 aliphatic heterocycles. The summed E-state index contributed by atoms with van der Waals surface area (Å²) >= 11 is 0. The van der Waals surface area contributed by atoms with Crippen molar-refractivity contribution >= 4 is 33.5 Å². The molecule has 3 aromatic rings. The molecule has 0 saturated heterocycles. The number of aliphatic carboxylic acids is 1. The van der Waals surface area contributed by atoms with Gasteiger partial charge in [0.15, 0.2) is 0 Å². The van der Waals surface area contributed by atoms with Gasteiger partial charge in [-0.05, 0) is 43.5 Å². The molecule has 142 valence electrons. The molecule has 0 spiro atoms. The Hall–Kier alpha value is -3.14. The van der Waals surface area contributed by atoms with Gasteiger partial charge in [0.1, 0.15) is 5.75 Å². The molecule has 0 amide bonds. The minimum Gasteiger partial charge on any atom is -0.481 e. The summed E-state index contributed by atoms with van der Waals surface area (Å²) in [5, 5.41) is 13.3. The van der Waals surface area contributed by atoms with Gasteiger partial charge in [-0.1, -0.05) is 59.7 Å². The van der Waals surface area contributed by atoms with Crippen LogP contribution in [0.3, 0.4) is 0 Å². The van der Waals surface area contributed by atoms with Crippen LogP contribution in [0.4, 0.5) is 0 Å². The van der Waals surface area contributed by atoms with Gasteiger partial charge in [-0.2, -0.15) is 0 Å². The van der Waals surface area contributed by atoms with E-state index in [-0.39, 0.29) is 0 Å². The second-order valence-electron chi connectivity index (χ2n) is 7.61. The Morgan fingerprint density at radius 2 is 1.71 bits per heavy atom. The molecule has 4 heteroatoms. The number of carboxylic acid groups (broad SMARTS) is 1. The second-order valence-corrected chi connectivity index (χ2v) is 7.61. The molecule has 1 aliphatic carbocycles. The van der Waals surface area contributed by atoms with Gasteiger partial charge < -0.3 is 9.84 Å². The predicted molar refractivity (Wildman–Crippen MR) is 109 cm³/mol. The molecule has 0 bridgehead atoms. The normalized spacial score (nSPS) is 19.4. The number of hydrogen-bond donors (Lipinski definition) is 1. The lowest BCUT2D eigenvalue weighted by atomic mass is 9.80. The summed E-state index contributed by atoms with van der Waals surface area (Å²) in [5.74, 6) is -2.35. The number of hydrogen-bond acceptors (Lipinski definition) is 3. The van der Waals surface area contributed by atoms with Crippen molar-refractivity contribution in [2.45, 2.75) is 26.7 Å². The molecule has 4 rings (SSSR count). The molecule has 2 unspecified atom stereocenters. The maximum atomic E-state index is 13.0. The number of aryl methyl sites for hydroxylation is 1. The predicted octanol–water partition coefficient (Wildman–Crippen LogP) is 5.26. The van der Waals surface area contributed by atoms with E-state index in [1.165, 1.54) is 0 Å². The summed E-state index contributed by atoms with van der Waals surface area (Å²) in [4.78, 5) is 24.7. The van der Waals surface area contributed by atoms with Gasteiger partial charge in [0.25, 0.3) is 0 Å². The number of carboxylic acids is 1. The Kier molecular flexibility index (Phi) is 4.63. The number of rotatable bonds is 3. The highest BCUT2D eigenvalue weighted by atomic mass is 16.5. The first kappa shape index (κ1) is 18.2. The van der Waals surface area contributed by atoms with Crippen molar-refractivity contribution < 1.29 is 19.4 Å². The molecule has 28 heavy (non-hydrogen) atoms. The van der Waals surface area contributed by atoms with E-state index >= 15 is 0 Å². The summed E-state index contributed by atoms with van der Waals surface area (Å²) in [7, 11) is 0. The molecule has 0 aromatic heterocycles. The van der Waals surface area contributed by atoms with Gasteiger partial charge in [0, 0.05) is 10.8 Å². The lowest BCUT2D eigenvalue weighted by molar-refractivity contribution is -0.152. The summed E-state index contributed by atoms with van der Waals surface area (Å²) < 4.78 is 5.90. The fourth-order valence-electron chi connectivity index (χ4n) is 4.02. The average molecular weight is 374 g/mol. The molecule has 1 aliphatic rings. The topological polar surface area (TPSA) is 63.6 Å². The molecule has 0 saturated carbocycles. The van der Waals surface area contributed by atoms with E-state index in [0.717, 1.165) is 32.7 Å². The number of ether oxygens (including phenoxy) is 1. The summed E-state index contributed by atoms with van der Waals surface area (Å²) in [6.07, 6.45) is 2.71. The van der Waals surface area contributed by atoms with Crippen LogP contribution in [-0.4, -0.2) is 17.0 Å². The van der Waals surface area contributed by atoms with E-state index in [9.17, 15) is 14.7 Å². The van der Waals surface area contributed by atoms with Gasteiger partial charge in [0.2, 0.25) is 0 Å². The summed E-state index contributed by atoms with van der Waals surface area (Å²) in [6.45, 7) is 3.92. The van der Waals surface area contributed by atoms with Crippen LogP contribution in [0, 0.1) is 18.8 Å². The molecule has 0 fully saturated rings. The highest BCUT2D eigenvalue weighted by molar-refractivity contribution is 6.06. The number of fused-ring (bicyclic) bond motifs is 2.